The standard InChI is InChI=1S/C25H28N4O5.C2HF3O2/c1-28(24(33)26-17-12-8-5-9-13-17)15-18-19-20(22(31)29(2)21(19)30)25(27-18,23(32)34-3)14-16-10-6-4-7-11-16;3-2(4,5)1(6)7/h4-13,18-20,27H,14-15H2,1-3H3,(H,26,33);(H,6,7)/t18-,19+,20-,25-;/m1./s1. The number of likely N-dealkylation sites (N-methyl/N-ethyl adjacent to an activating group) is 1. The molecule has 2 aliphatic heterocycles. The number of imide groups is 1. The fourth-order valence-electron chi connectivity index (χ4n) is 5.07. The van der Waals surface area contributed by atoms with Gasteiger partial charge in [-0.2, -0.15) is 13.2 Å². The maximum Gasteiger partial charge on any atom is 0.490 e. The van der Waals surface area contributed by atoms with Crippen LogP contribution in [0.1, 0.15) is 5.56 Å². The van der Waals surface area contributed by atoms with Crippen molar-refractivity contribution in [2.45, 2.75) is 24.2 Å². The number of halogens is 3. The van der Waals surface area contributed by atoms with Gasteiger partial charge < -0.3 is 20.1 Å². The lowest BCUT2D eigenvalue weighted by Gasteiger charge is -2.32. The fraction of sp³-hybridized carbons (Fsp3) is 0.370. The van der Waals surface area contributed by atoms with Gasteiger partial charge in [0.05, 0.1) is 18.9 Å². The number of aliphatic carboxylic acids is 1. The average molecular weight is 579 g/mol. The number of hydrogen-bond donors (Lipinski definition) is 3. The van der Waals surface area contributed by atoms with Gasteiger partial charge in [0.15, 0.2) is 0 Å². The van der Waals surface area contributed by atoms with Gasteiger partial charge in [0.1, 0.15) is 5.54 Å². The number of carbonyl (C=O) groups excluding carboxylic acids is 4. The molecule has 0 aliphatic carbocycles. The number of alkyl halides is 3. The van der Waals surface area contributed by atoms with Crippen molar-refractivity contribution in [2.24, 2.45) is 11.8 Å². The molecule has 0 spiro atoms. The Morgan fingerprint density at radius 3 is 2.10 bits per heavy atom. The Labute approximate surface area is 233 Å². The Morgan fingerprint density at radius 2 is 1.59 bits per heavy atom. The number of carbonyl (C=O) groups is 5. The number of carboxylic acid groups (broad SMARTS) is 1. The monoisotopic (exact) mass is 578 g/mol. The molecule has 0 saturated carbocycles. The molecule has 2 aromatic carbocycles. The third kappa shape index (κ3) is 6.65. The van der Waals surface area contributed by atoms with Crippen LogP contribution < -0.4 is 10.6 Å². The third-order valence-corrected chi connectivity index (χ3v) is 6.94. The van der Waals surface area contributed by atoms with Crippen LogP contribution in [0.15, 0.2) is 60.7 Å². The van der Waals surface area contributed by atoms with Gasteiger partial charge >= 0.3 is 24.1 Å². The number of methoxy groups -OCH3 is 1. The molecule has 3 N–H and O–H groups in total. The number of amides is 4. The van der Waals surface area contributed by atoms with E-state index in [-0.39, 0.29) is 24.9 Å². The Morgan fingerprint density at radius 1 is 1.05 bits per heavy atom. The number of benzene rings is 2. The summed E-state index contributed by atoms with van der Waals surface area (Å²) in [5, 5.41) is 13.2. The lowest BCUT2D eigenvalue weighted by atomic mass is 9.76. The molecule has 0 unspecified atom stereocenters. The van der Waals surface area contributed by atoms with Crippen LogP contribution in [0.2, 0.25) is 0 Å². The maximum absolute atomic E-state index is 13.2. The molecule has 2 fully saturated rings. The summed E-state index contributed by atoms with van der Waals surface area (Å²) in [6.07, 6.45) is -4.91. The van der Waals surface area contributed by atoms with Gasteiger partial charge in [0.25, 0.3) is 0 Å². The smallest absolute Gasteiger partial charge is 0.475 e. The maximum atomic E-state index is 13.2. The Balaban J connectivity index is 0.000000587. The quantitative estimate of drug-likeness (QED) is 0.349. The molecule has 4 rings (SSSR count). The van der Waals surface area contributed by atoms with Crippen molar-refractivity contribution in [3.8, 4) is 0 Å². The summed E-state index contributed by atoms with van der Waals surface area (Å²) in [4.78, 5) is 63.7. The fourth-order valence-corrected chi connectivity index (χ4v) is 5.07. The summed E-state index contributed by atoms with van der Waals surface area (Å²) in [5.41, 5.74) is 0.0286. The predicted octanol–water partition coefficient (Wildman–Crippen LogP) is 2.14. The molecule has 0 bridgehead atoms. The van der Waals surface area contributed by atoms with E-state index < -0.39 is 47.4 Å². The third-order valence-electron chi connectivity index (χ3n) is 6.94. The number of ether oxygens (including phenoxy) is 1. The van der Waals surface area contributed by atoms with Gasteiger partial charge in [-0.25, -0.2) is 9.59 Å². The zero-order valence-electron chi connectivity index (χ0n) is 22.3. The molecule has 2 heterocycles. The molecule has 41 heavy (non-hydrogen) atoms. The van der Waals surface area contributed by atoms with Crippen LogP contribution in [0.4, 0.5) is 23.7 Å². The van der Waals surface area contributed by atoms with Crippen molar-refractivity contribution in [2.75, 3.05) is 33.1 Å². The van der Waals surface area contributed by atoms with Crippen molar-refractivity contribution in [1.82, 2.24) is 15.1 Å². The number of para-hydroxylation sites is 1. The van der Waals surface area contributed by atoms with Crippen molar-refractivity contribution >= 4 is 35.5 Å². The summed E-state index contributed by atoms with van der Waals surface area (Å²) < 4.78 is 36.9. The summed E-state index contributed by atoms with van der Waals surface area (Å²) in [6.45, 7) is 0.111. The number of anilines is 1. The minimum Gasteiger partial charge on any atom is -0.475 e. The summed E-state index contributed by atoms with van der Waals surface area (Å²) in [7, 11) is 4.30. The van der Waals surface area contributed by atoms with E-state index in [1.54, 1.807) is 19.2 Å². The van der Waals surface area contributed by atoms with E-state index in [1.807, 2.05) is 48.5 Å². The highest BCUT2D eigenvalue weighted by atomic mass is 19.4. The van der Waals surface area contributed by atoms with E-state index in [0.717, 1.165) is 10.5 Å². The Hall–Kier alpha value is -4.46. The number of fused-ring (bicyclic) bond motifs is 1. The second kappa shape index (κ2) is 12.4. The van der Waals surface area contributed by atoms with Gasteiger partial charge in [0.2, 0.25) is 11.8 Å². The lowest BCUT2D eigenvalue weighted by molar-refractivity contribution is -0.192. The van der Waals surface area contributed by atoms with Gasteiger partial charge in [-0.15, -0.1) is 0 Å². The first kappa shape index (κ1) is 31.1. The number of rotatable bonds is 6. The van der Waals surface area contributed by atoms with Crippen LogP contribution in [-0.2, 0) is 30.3 Å². The van der Waals surface area contributed by atoms with Gasteiger partial charge in [-0.3, -0.25) is 24.6 Å². The highest BCUT2D eigenvalue weighted by molar-refractivity contribution is 6.09. The number of carboxylic acids is 1. The van der Waals surface area contributed by atoms with Crippen molar-refractivity contribution < 1.29 is 47.0 Å². The second-order valence-corrected chi connectivity index (χ2v) is 9.59. The molecule has 2 saturated heterocycles. The Bertz CT molecular complexity index is 1290. The van der Waals surface area contributed by atoms with Crippen LogP contribution >= 0.6 is 0 Å². The molecule has 220 valence electrons. The number of likely N-dealkylation sites (tertiary alicyclic amines) is 1. The zero-order valence-corrected chi connectivity index (χ0v) is 22.3. The molecule has 11 nitrogen and oxygen atoms in total. The molecule has 14 heteroatoms. The van der Waals surface area contributed by atoms with Crippen molar-refractivity contribution in [1.29, 1.82) is 0 Å². The van der Waals surface area contributed by atoms with E-state index in [9.17, 15) is 32.3 Å². The van der Waals surface area contributed by atoms with E-state index in [0.29, 0.717) is 5.69 Å². The number of hydrogen-bond acceptors (Lipinski definition) is 7. The van der Waals surface area contributed by atoms with Crippen LogP contribution in [0.25, 0.3) is 0 Å². The number of nitrogens with one attached hydrogen (secondary N) is 2. The molecule has 0 radical (unpaired) electrons. The van der Waals surface area contributed by atoms with E-state index in [1.165, 1.54) is 19.1 Å². The number of nitrogens with zero attached hydrogens (tertiary/aromatic N) is 2. The highest BCUT2D eigenvalue weighted by Gasteiger charge is 2.68. The van der Waals surface area contributed by atoms with Gasteiger partial charge in [-0.1, -0.05) is 48.5 Å². The minimum absolute atomic E-state index is 0.111. The summed E-state index contributed by atoms with van der Waals surface area (Å²) >= 11 is 0. The van der Waals surface area contributed by atoms with Crippen molar-refractivity contribution in [3.63, 3.8) is 0 Å². The largest absolute Gasteiger partial charge is 0.490 e. The molecular formula is C27H29F3N4O7. The predicted molar refractivity (Wildman–Crippen MR) is 138 cm³/mol. The van der Waals surface area contributed by atoms with E-state index in [4.69, 9.17) is 14.6 Å². The highest BCUT2D eigenvalue weighted by Crippen LogP contribution is 2.44. The molecular weight excluding hydrogens is 549 g/mol. The molecule has 4 amide bonds. The minimum atomic E-state index is -5.08. The van der Waals surface area contributed by atoms with Gasteiger partial charge in [0, 0.05) is 38.8 Å². The molecule has 2 aromatic rings. The number of esters is 1. The normalized spacial score (nSPS) is 23.3. The second-order valence-electron chi connectivity index (χ2n) is 9.59. The van der Waals surface area contributed by atoms with Crippen LogP contribution in [0.5, 0.6) is 0 Å². The zero-order chi connectivity index (χ0) is 30.5. The van der Waals surface area contributed by atoms with Crippen LogP contribution in [0.3, 0.4) is 0 Å². The van der Waals surface area contributed by atoms with E-state index >= 15 is 0 Å². The first-order chi connectivity index (χ1) is 19.2. The molecule has 2 aliphatic rings. The SMILES string of the molecule is COC(=O)[C@]1(Cc2ccccc2)N[C@H](CN(C)C(=O)Nc2ccccc2)[C@@H]2C(=O)N(C)C(=O)[C@@H]21.O=C(O)C(F)(F)F. The van der Waals surface area contributed by atoms with Crippen LogP contribution in [-0.4, -0.2) is 90.2 Å². The first-order valence-electron chi connectivity index (χ1n) is 12.3. The topological polar surface area (TPSA) is 145 Å². The van der Waals surface area contributed by atoms with Crippen molar-refractivity contribution in [3.05, 3.63) is 66.2 Å². The molecule has 0 aromatic heterocycles. The van der Waals surface area contributed by atoms with Gasteiger partial charge in [-0.05, 0) is 17.7 Å². The van der Waals surface area contributed by atoms with E-state index in [2.05, 4.69) is 10.6 Å². The first-order valence-corrected chi connectivity index (χ1v) is 12.3. The summed E-state index contributed by atoms with van der Waals surface area (Å²) in [6, 6.07) is 17.3. The number of urea groups is 1. The lowest BCUT2D eigenvalue weighted by Crippen LogP contribution is -2.59. The summed E-state index contributed by atoms with van der Waals surface area (Å²) in [5.74, 6) is -5.90. The molecule has 4 atom stereocenters. The average Bonchev–Trinajstić information content (AvgIpc) is 3.37. The van der Waals surface area contributed by atoms with Crippen LogP contribution in [0, 0.1) is 11.8 Å². The Kier molecular flexibility index (Phi) is 9.38.